The maximum atomic E-state index is 12.6. The van der Waals surface area contributed by atoms with Gasteiger partial charge in [-0.3, -0.25) is 19.2 Å². The summed E-state index contributed by atoms with van der Waals surface area (Å²) in [6, 6.07) is 0.250. The highest BCUT2D eigenvalue weighted by molar-refractivity contribution is 8.02. The SMILES string of the molecule is CCC(=O)N(c1nnc(S[C@H](C)C(=O)Nc2c(C)nn(C)c2C)s1)C1CC1. The third-order valence-electron chi connectivity index (χ3n) is 4.49. The molecule has 1 fully saturated rings. The quantitative estimate of drug-likeness (QED) is 0.559. The zero-order valence-corrected chi connectivity index (χ0v) is 17.8. The second kappa shape index (κ2) is 7.97. The van der Waals surface area contributed by atoms with E-state index < -0.39 is 0 Å². The monoisotopic (exact) mass is 408 g/mol. The first-order valence-electron chi connectivity index (χ1n) is 8.95. The van der Waals surface area contributed by atoms with Crippen molar-refractivity contribution in [2.24, 2.45) is 7.05 Å². The topological polar surface area (TPSA) is 93.0 Å². The molecule has 1 atom stereocenters. The van der Waals surface area contributed by atoms with Crippen LogP contribution in [0.3, 0.4) is 0 Å². The van der Waals surface area contributed by atoms with E-state index in [1.54, 1.807) is 9.58 Å². The van der Waals surface area contributed by atoms with E-state index in [9.17, 15) is 9.59 Å². The number of nitrogens with one attached hydrogen (secondary N) is 1. The van der Waals surface area contributed by atoms with Gasteiger partial charge >= 0.3 is 0 Å². The minimum Gasteiger partial charge on any atom is -0.322 e. The van der Waals surface area contributed by atoms with E-state index in [4.69, 9.17) is 0 Å². The molecule has 1 aliphatic rings. The van der Waals surface area contributed by atoms with Crippen LogP contribution >= 0.6 is 23.1 Å². The van der Waals surface area contributed by atoms with E-state index in [2.05, 4.69) is 20.6 Å². The fourth-order valence-electron chi connectivity index (χ4n) is 2.70. The highest BCUT2D eigenvalue weighted by Crippen LogP contribution is 2.37. The molecule has 3 rings (SSSR count). The summed E-state index contributed by atoms with van der Waals surface area (Å²) in [6.45, 7) is 7.47. The number of hydrogen-bond acceptors (Lipinski definition) is 7. The van der Waals surface area contributed by atoms with Crippen molar-refractivity contribution < 1.29 is 9.59 Å². The van der Waals surface area contributed by atoms with Gasteiger partial charge in [-0.25, -0.2) is 0 Å². The Morgan fingerprint density at radius 1 is 1.37 bits per heavy atom. The summed E-state index contributed by atoms with van der Waals surface area (Å²) in [6.07, 6.45) is 2.47. The number of rotatable bonds is 7. The van der Waals surface area contributed by atoms with E-state index in [-0.39, 0.29) is 23.1 Å². The van der Waals surface area contributed by atoms with Gasteiger partial charge in [0.15, 0.2) is 4.34 Å². The Morgan fingerprint density at radius 2 is 2.07 bits per heavy atom. The number of hydrogen-bond donors (Lipinski definition) is 1. The third-order valence-corrected chi connectivity index (χ3v) is 6.60. The Morgan fingerprint density at radius 3 is 2.63 bits per heavy atom. The average molecular weight is 409 g/mol. The molecule has 1 aliphatic carbocycles. The molecular formula is C17H24N6O2S2. The van der Waals surface area contributed by atoms with Crippen LogP contribution in [0.1, 0.15) is 44.5 Å². The van der Waals surface area contributed by atoms with E-state index >= 15 is 0 Å². The lowest BCUT2D eigenvalue weighted by atomic mass is 10.3. The van der Waals surface area contributed by atoms with Crippen LogP contribution in [0.2, 0.25) is 0 Å². The molecule has 2 amide bonds. The van der Waals surface area contributed by atoms with Crippen LogP contribution in [0.25, 0.3) is 0 Å². The predicted molar refractivity (Wildman–Crippen MR) is 107 cm³/mol. The highest BCUT2D eigenvalue weighted by Gasteiger charge is 2.35. The minimum atomic E-state index is -0.346. The van der Waals surface area contributed by atoms with E-state index in [1.165, 1.54) is 23.1 Å². The molecule has 10 heteroatoms. The standard InChI is InChI=1S/C17H24N6O2S2/c1-6-13(24)23(12-7-8-12)16-19-20-17(27-16)26-11(4)15(25)18-14-9(2)21-22(5)10(14)3/h11-12H,6-8H2,1-5H3,(H,18,25)/t11-/m1/s1. The van der Waals surface area contributed by atoms with Gasteiger partial charge < -0.3 is 5.32 Å². The lowest BCUT2D eigenvalue weighted by molar-refractivity contribution is -0.118. The average Bonchev–Trinajstić information content (AvgIpc) is 3.31. The molecule has 0 aliphatic heterocycles. The van der Waals surface area contributed by atoms with Gasteiger partial charge in [-0.05, 0) is 33.6 Å². The molecule has 0 bridgehead atoms. The first-order chi connectivity index (χ1) is 12.8. The van der Waals surface area contributed by atoms with Crippen LogP contribution in [0, 0.1) is 13.8 Å². The van der Waals surface area contributed by atoms with Gasteiger partial charge in [0.05, 0.1) is 22.3 Å². The van der Waals surface area contributed by atoms with Gasteiger partial charge in [0.1, 0.15) is 0 Å². The van der Waals surface area contributed by atoms with Crippen molar-refractivity contribution in [2.75, 3.05) is 10.2 Å². The number of nitrogens with zero attached hydrogens (tertiary/aromatic N) is 5. The summed E-state index contributed by atoms with van der Waals surface area (Å²) >= 11 is 2.71. The lowest BCUT2D eigenvalue weighted by Gasteiger charge is -2.17. The Bertz CT molecular complexity index is 858. The second-order valence-electron chi connectivity index (χ2n) is 6.62. The van der Waals surface area contributed by atoms with Crippen molar-refractivity contribution in [1.29, 1.82) is 0 Å². The normalized spacial score (nSPS) is 14.9. The highest BCUT2D eigenvalue weighted by atomic mass is 32.2. The van der Waals surface area contributed by atoms with Gasteiger partial charge in [-0.1, -0.05) is 30.0 Å². The summed E-state index contributed by atoms with van der Waals surface area (Å²) in [5.74, 6) is -0.0434. The van der Waals surface area contributed by atoms with Crippen LogP contribution < -0.4 is 10.2 Å². The summed E-state index contributed by atoms with van der Waals surface area (Å²) in [5.41, 5.74) is 2.45. The van der Waals surface area contributed by atoms with Crippen LogP contribution in [-0.2, 0) is 16.6 Å². The molecule has 2 heterocycles. The largest absolute Gasteiger partial charge is 0.322 e. The fourth-order valence-corrected chi connectivity index (χ4v) is 4.78. The molecule has 1 N–H and O–H groups in total. The molecule has 8 nitrogen and oxygen atoms in total. The Labute approximate surface area is 166 Å². The molecule has 27 heavy (non-hydrogen) atoms. The van der Waals surface area contributed by atoms with Crippen LogP contribution in [0.4, 0.5) is 10.8 Å². The van der Waals surface area contributed by atoms with Gasteiger partial charge in [0.25, 0.3) is 0 Å². The Kier molecular flexibility index (Phi) is 5.85. The maximum Gasteiger partial charge on any atom is 0.237 e. The number of aromatic nitrogens is 4. The van der Waals surface area contributed by atoms with Crippen LogP contribution in [0.15, 0.2) is 4.34 Å². The molecule has 2 aromatic rings. The van der Waals surface area contributed by atoms with E-state index in [0.29, 0.717) is 15.9 Å². The summed E-state index contributed by atoms with van der Waals surface area (Å²) in [5, 5.41) is 15.9. The second-order valence-corrected chi connectivity index (χ2v) is 9.16. The molecule has 146 valence electrons. The molecule has 0 spiro atoms. The fraction of sp³-hybridized carbons (Fsp3) is 0.588. The van der Waals surface area contributed by atoms with Crippen molar-refractivity contribution in [3.8, 4) is 0 Å². The number of carbonyl (C=O) groups excluding carboxylic acids is 2. The Hall–Kier alpha value is -1.94. The molecule has 0 saturated heterocycles. The van der Waals surface area contributed by atoms with Crippen molar-refractivity contribution in [3.63, 3.8) is 0 Å². The number of amides is 2. The van der Waals surface area contributed by atoms with Gasteiger partial charge in [-0.15, -0.1) is 10.2 Å². The zero-order valence-electron chi connectivity index (χ0n) is 16.1. The van der Waals surface area contributed by atoms with Gasteiger partial charge in [0, 0.05) is 19.5 Å². The summed E-state index contributed by atoms with van der Waals surface area (Å²) in [4.78, 5) is 26.5. The van der Waals surface area contributed by atoms with Gasteiger partial charge in [-0.2, -0.15) is 5.10 Å². The zero-order chi connectivity index (χ0) is 19.7. The molecule has 0 aromatic carbocycles. The molecule has 1 saturated carbocycles. The van der Waals surface area contributed by atoms with E-state index in [1.807, 2.05) is 34.7 Å². The van der Waals surface area contributed by atoms with Crippen LogP contribution in [-0.4, -0.2) is 43.1 Å². The summed E-state index contributed by atoms with van der Waals surface area (Å²) < 4.78 is 2.43. The lowest BCUT2D eigenvalue weighted by Crippen LogP contribution is -2.32. The predicted octanol–water partition coefficient (Wildman–Crippen LogP) is 2.91. The minimum absolute atomic E-state index is 0.0681. The summed E-state index contributed by atoms with van der Waals surface area (Å²) in [7, 11) is 1.85. The molecule has 0 unspecified atom stereocenters. The number of carbonyl (C=O) groups is 2. The number of thioether (sulfide) groups is 1. The number of anilines is 2. The third kappa shape index (κ3) is 4.32. The first-order valence-corrected chi connectivity index (χ1v) is 10.6. The number of aryl methyl sites for hydroxylation is 2. The van der Waals surface area contributed by atoms with Crippen molar-refractivity contribution >= 4 is 45.7 Å². The van der Waals surface area contributed by atoms with Crippen molar-refractivity contribution in [2.45, 2.75) is 62.6 Å². The molecule has 0 radical (unpaired) electrons. The first kappa shape index (κ1) is 19.8. The van der Waals surface area contributed by atoms with Crippen molar-refractivity contribution in [3.05, 3.63) is 11.4 Å². The van der Waals surface area contributed by atoms with Gasteiger partial charge in [0.2, 0.25) is 16.9 Å². The van der Waals surface area contributed by atoms with Crippen molar-refractivity contribution in [1.82, 2.24) is 20.0 Å². The van der Waals surface area contributed by atoms with E-state index in [0.717, 1.165) is 29.9 Å². The molecule has 2 aromatic heterocycles. The maximum absolute atomic E-state index is 12.6. The Balaban J connectivity index is 1.65. The molecular weight excluding hydrogens is 384 g/mol. The van der Waals surface area contributed by atoms with Crippen LogP contribution in [0.5, 0.6) is 0 Å². The smallest absolute Gasteiger partial charge is 0.237 e.